The van der Waals surface area contributed by atoms with Crippen LogP contribution >= 0.6 is 0 Å². The lowest BCUT2D eigenvalue weighted by molar-refractivity contribution is -0.900. The van der Waals surface area contributed by atoms with Gasteiger partial charge in [0, 0.05) is 26.4 Å². The van der Waals surface area contributed by atoms with E-state index in [1.165, 1.54) is 116 Å². The highest BCUT2D eigenvalue weighted by Crippen LogP contribution is 2.18. The molecular weight excluding hydrogens is 501 g/mol. The van der Waals surface area contributed by atoms with E-state index >= 15 is 0 Å². The summed E-state index contributed by atoms with van der Waals surface area (Å²) in [4.78, 5) is 11.4. The molecule has 1 aliphatic heterocycles. The Kier molecular flexibility index (Phi) is 20.8. The number of hydrogen-bond acceptors (Lipinski definition) is 3. The Hall–Kier alpha value is 0.120. The molecule has 0 amide bonds. The van der Waals surface area contributed by atoms with Crippen LogP contribution in [0, 0.1) is 0 Å². The Morgan fingerprint density at radius 1 is 0.806 bits per heavy atom. The van der Waals surface area contributed by atoms with E-state index in [9.17, 15) is 4.79 Å². The number of halogens is 1. The van der Waals surface area contributed by atoms with Gasteiger partial charge in [0.2, 0.25) is 0 Å². The molecule has 0 aliphatic carbocycles. The van der Waals surface area contributed by atoms with Crippen LogP contribution in [0.3, 0.4) is 0 Å². The molecule has 0 saturated carbocycles. The van der Waals surface area contributed by atoms with Crippen LogP contribution in [0.5, 0.6) is 0 Å². The maximum Gasteiger partial charge on any atom is 0.303 e. The second-order valence-electron chi connectivity index (χ2n) is 9.86. The van der Waals surface area contributed by atoms with Crippen LogP contribution in [-0.4, -0.2) is 56.5 Å². The fourth-order valence-corrected chi connectivity index (χ4v) is 4.75. The predicted octanol–water partition coefficient (Wildman–Crippen LogP) is 3.66. The number of likely N-dealkylation sites (N-methyl/N-ethyl adjacent to an activating group) is 1. The molecule has 0 N–H and O–H groups in total. The van der Waals surface area contributed by atoms with Gasteiger partial charge in [-0.2, -0.15) is 0 Å². The summed E-state index contributed by atoms with van der Waals surface area (Å²) >= 11 is 0. The van der Waals surface area contributed by atoms with E-state index in [1.54, 1.807) is 0 Å². The van der Waals surface area contributed by atoms with Gasteiger partial charge in [0.15, 0.2) is 6.10 Å². The Bertz CT molecular complexity index is 413. The van der Waals surface area contributed by atoms with Crippen molar-refractivity contribution in [3.05, 3.63) is 0 Å². The summed E-state index contributed by atoms with van der Waals surface area (Å²) < 4.78 is 12.4. The van der Waals surface area contributed by atoms with Crippen molar-refractivity contribution in [3.8, 4) is 0 Å². The lowest BCUT2D eigenvalue weighted by Gasteiger charge is -2.32. The number of nitrogens with zero attached hydrogens (tertiary/aromatic N) is 1. The SMILES string of the molecule is CCCCCCCCCCCCCCCCOCC(C[N+]1(C)CCCC1)OC(C)=O.[I-]. The van der Waals surface area contributed by atoms with Crippen molar-refractivity contribution in [2.24, 2.45) is 0 Å². The van der Waals surface area contributed by atoms with E-state index < -0.39 is 0 Å². The van der Waals surface area contributed by atoms with Crippen LogP contribution in [0.4, 0.5) is 0 Å². The van der Waals surface area contributed by atoms with Gasteiger partial charge in [-0.1, -0.05) is 90.4 Å². The fraction of sp³-hybridized carbons (Fsp3) is 0.962. The molecule has 1 heterocycles. The summed E-state index contributed by atoms with van der Waals surface area (Å²) in [5.41, 5.74) is 0. The zero-order valence-electron chi connectivity index (χ0n) is 21.0. The summed E-state index contributed by atoms with van der Waals surface area (Å²) in [6.45, 7) is 8.40. The minimum Gasteiger partial charge on any atom is -1.00 e. The van der Waals surface area contributed by atoms with Crippen LogP contribution in [0.2, 0.25) is 0 Å². The van der Waals surface area contributed by atoms with Crippen LogP contribution in [0.15, 0.2) is 0 Å². The number of ether oxygens (including phenoxy) is 2. The first-order chi connectivity index (χ1) is 14.6. The summed E-state index contributed by atoms with van der Waals surface area (Å²) in [5, 5.41) is 0. The van der Waals surface area contributed by atoms with E-state index in [0.29, 0.717) is 6.61 Å². The Labute approximate surface area is 210 Å². The van der Waals surface area contributed by atoms with Gasteiger partial charge in [-0.3, -0.25) is 4.79 Å². The number of unbranched alkanes of at least 4 members (excludes halogenated alkanes) is 13. The first-order valence-electron chi connectivity index (χ1n) is 13.1. The molecule has 1 saturated heterocycles. The fourth-order valence-electron chi connectivity index (χ4n) is 4.75. The average molecular weight is 554 g/mol. The van der Waals surface area contributed by atoms with Crippen molar-refractivity contribution in [2.45, 2.75) is 123 Å². The highest BCUT2D eigenvalue weighted by molar-refractivity contribution is 5.66. The second-order valence-corrected chi connectivity index (χ2v) is 9.86. The summed E-state index contributed by atoms with van der Waals surface area (Å²) in [6, 6.07) is 0. The number of likely N-dealkylation sites (tertiary alicyclic amines) is 1. The number of rotatable bonds is 20. The lowest BCUT2D eigenvalue weighted by Crippen LogP contribution is -3.00. The topological polar surface area (TPSA) is 35.5 Å². The molecule has 5 heteroatoms. The molecule has 0 aromatic heterocycles. The molecule has 1 atom stereocenters. The molecule has 0 radical (unpaired) electrons. The highest BCUT2D eigenvalue weighted by atomic mass is 127. The molecule has 31 heavy (non-hydrogen) atoms. The van der Waals surface area contributed by atoms with Gasteiger partial charge in [0.25, 0.3) is 0 Å². The minimum atomic E-state index is -0.189. The van der Waals surface area contributed by atoms with Gasteiger partial charge in [-0.15, -0.1) is 0 Å². The molecule has 0 spiro atoms. The molecule has 186 valence electrons. The van der Waals surface area contributed by atoms with Crippen molar-refractivity contribution < 1.29 is 42.7 Å². The molecular formula is C26H52INO3. The maximum atomic E-state index is 11.4. The van der Waals surface area contributed by atoms with Crippen LogP contribution in [0.1, 0.15) is 117 Å². The maximum absolute atomic E-state index is 11.4. The third-order valence-electron chi connectivity index (χ3n) is 6.57. The van der Waals surface area contributed by atoms with Crippen molar-refractivity contribution in [2.75, 3.05) is 39.9 Å². The van der Waals surface area contributed by atoms with E-state index in [4.69, 9.17) is 9.47 Å². The minimum absolute atomic E-state index is 0. The van der Waals surface area contributed by atoms with Crippen molar-refractivity contribution in [1.82, 2.24) is 0 Å². The number of carbonyl (C=O) groups excluding carboxylic acids is 1. The van der Waals surface area contributed by atoms with Gasteiger partial charge in [-0.05, 0) is 6.42 Å². The first kappa shape index (κ1) is 31.1. The quantitative estimate of drug-likeness (QED) is 0.1000. The van der Waals surface area contributed by atoms with E-state index in [0.717, 1.165) is 24.1 Å². The summed E-state index contributed by atoms with van der Waals surface area (Å²) in [5.74, 6) is -0.189. The van der Waals surface area contributed by atoms with Gasteiger partial charge in [0.05, 0.1) is 26.7 Å². The molecule has 1 rings (SSSR count). The number of quaternary nitrogens is 1. The Morgan fingerprint density at radius 3 is 1.71 bits per heavy atom. The Balaban J connectivity index is 0.00000900. The van der Waals surface area contributed by atoms with Crippen LogP contribution in [-0.2, 0) is 14.3 Å². The molecule has 1 fully saturated rings. The zero-order valence-corrected chi connectivity index (χ0v) is 23.1. The van der Waals surface area contributed by atoms with Gasteiger partial charge < -0.3 is 37.9 Å². The Morgan fingerprint density at radius 2 is 1.26 bits per heavy atom. The molecule has 0 aromatic rings. The summed E-state index contributed by atoms with van der Waals surface area (Å²) in [7, 11) is 2.27. The molecule has 0 aromatic carbocycles. The van der Waals surface area contributed by atoms with E-state index in [1.807, 2.05) is 0 Å². The van der Waals surface area contributed by atoms with Gasteiger partial charge in [-0.25, -0.2) is 0 Å². The van der Waals surface area contributed by atoms with Crippen LogP contribution < -0.4 is 24.0 Å². The third kappa shape index (κ3) is 18.3. The molecule has 0 bridgehead atoms. The number of hydrogen-bond donors (Lipinski definition) is 0. The molecule has 1 unspecified atom stereocenters. The smallest absolute Gasteiger partial charge is 0.303 e. The second kappa shape index (κ2) is 20.7. The van der Waals surface area contributed by atoms with Crippen LogP contribution in [0.25, 0.3) is 0 Å². The lowest BCUT2D eigenvalue weighted by atomic mass is 10.0. The normalized spacial score (nSPS) is 16.1. The van der Waals surface area contributed by atoms with E-state index in [2.05, 4.69) is 14.0 Å². The standard InChI is InChI=1S/C26H52NO3.HI/c1-4-5-6-7-8-9-10-11-12-13-14-15-16-19-22-29-24-26(30-25(2)28)23-27(3)20-17-18-21-27;/h26H,4-24H2,1-3H3;1H/q+1;/p-1. The molecule has 1 aliphatic rings. The van der Waals surface area contributed by atoms with E-state index in [-0.39, 0.29) is 36.0 Å². The zero-order chi connectivity index (χ0) is 21.9. The van der Waals surface area contributed by atoms with Gasteiger partial charge in [0.1, 0.15) is 6.54 Å². The molecule has 4 nitrogen and oxygen atoms in total. The highest BCUT2D eigenvalue weighted by Gasteiger charge is 2.31. The van der Waals surface area contributed by atoms with Crippen molar-refractivity contribution in [1.29, 1.82) is 0 Å². The van der Waals surface area contributed by atoms with Crippen molar-refractivity contribution >= 4 is 5.97 Å². The number of esters is 1. The average Bonchev–Trinajstić information content (AvgIpc) is 3.13. The third-order valence-corrected chi connectivity index (χ3v) is 6.57. The van der Waals surface area contributed by atoms with Crippen molar-refractivity contribution in [3.63, 3.8) is 0 Å². The van der Waals surface area contributed by atoms with Gasteiger partial charge >= 0.3 is 5.97 Å². The monoisotopic (exact) mass is 553 g/mol. The predicted molar refractivity (Wildman–Crippen MR) is 127 cm³/mol. The first-order valence-corrected chi connectivity index (χ1v) is 13.1. The number of carbonyl (C=O) groups is 1. The summed E-state index contributed by atoms with van der Waals surface area (Å²) in [6.07, 6.45) is 21.7. The largest absolute Gasteiger partial charge is 1.00 e.